The van der Waals surface area contributed by atoms with Crippen molar-refractivity contribution >= 4 is 39.0 Å². The molecule has 0 spiro atoms. The van der Waals surface area contributed by atoms with Crippen LogP contribution in [0.2, 0.25) is 0 Å². The highest BCUT2D eigenvalue weighted by Crippen LogP contribution is 2.34. The Kier molecular flexibility index (Phi) is 10.5. The SMILES string of the molecule is CCc1cc(-c2ccc(NS(=O)(=O)c3ccccc3OC(F)(F)F)cc2C)cc2cnc(NC3CCC(N)CC3)nc12.O=CO. The molecule has 5 N–H and O–H groups in total. The van der Waals surface area contributed by atoms with Crippen molar-refractivity contribution in [1.29, 1.82) is 0 Å². The van der Waals surface area contributed by atoms with Crippen LogP contribution in [0.15, 0.2) is 65.7 Å². The van der Waals surface area contributed by atoms with Gasteiger partial charge in [0.1, 0.15) is 10.6 Å². The second-order valence-corrected chi connectivity index (χ2v) is 12.3. The number of aromatic nitrogens is 2. The van der Waals surface area contributed by atoms with E-state index in [0.717, 1.165) is 77.4 Å². The van der Waals surface area contributed by atoms with Crippen LogP contribution in [-0.2, 0) is 21.2 Å². The van der Waals surface area contributed by atoms with E-state index >= 15 is 0 Å². The molecule has 0 aliphatic heterocycles. The average molecular weight is 646 g/mol. The Morgan fingerprint density at radius 1 is 1.09 bits per heavy atom. The van der Waals surface area contributed by atoms with Gasteiger partial charge in [0.05, 0.1) is 5.52 Å². The monoisotopic (exact) mass is 645 g/mol. The van der Waals surface area contributed by atoms with E-state index in [2.05, 4.69) is 32.7 Å². The lowest BCUT2D eigenvalue weighted by molar-refractivity contribution is -0.275. The number of fused-ring (bicyclic) bond motifs is 1. The molecule has 1 aliphatic rings. The van der Waals surface area contributed by atoms with Gasteiger partial charge in [-0.2, -0.15) is 0 Å². The third-order valence-corrected chi connectivity index (χ3v) is 8.82. The van der Waals surface area contributed by atoms with Gasteiger partial charge in [0.2, 0.25) is 5.95 Å². The highest BCUT2D eigenvalue weighted by Gasteiger charge is 2.34. The van der Waals surface area contributed by atoms with Gasteiger partial charge in [-0.1, -0.05) is 25.1 Å². The van der Waals surface area contributed by atoms with E-state index in [-0.39, 0.29) is 18.2 Å². The summed E-state index contributed by atoms with van der Waals surface area (Å²) in [5.41, 5.74) is 10.7. The second-order valence-electron chi connectivity index (χ2n) is 10.6. The largest absolute Gasteiger partial charge is 0.573 e. The second kappa shape index (κ2) is 14.1. The molecule has 4 aromatic rings. The van der Waals surface area contributed by atoms with Gasteiger partial charge >= 0.3 is 6.36 Å². The molecule has 14 heteroatoms. The van der Waals surface area contributed by atoms with E-state index in [1.807, 2.05) is 13.0 Å². The third kappa shape index (κ3) is 8.60. The first-order chi connectivity index (χ1) is 21.3. The van der Waals surface area contributed by atoms with Crippen molar-refractivity contribution in [2.75, 3.05) is 10.0 Å². The Labute approximate surface area is 258 Å². The molecule has 1 aromatic heterocycles. The minimum atomic E-state index is -5.03. The number of nitrogens with one attached hydrogen (secondary N) is 2. The molecule has 5 rings (SSSR count). The number of nitrogens with zero attached hydrogens (tertiary/aromatic N) is 2. The maximum Gasteiger partial charge on any atom is 0.573 e. The number of nitrogens with two attached hydrogens (primary N) is 1. The number of ether oxygens (including phenoxy) is 1. The Hall–Kier alpha value is -4.43. The number of carbonyl (C=O) groups is 1. The molecule has 0 unspecified atom stereocenters. The van der Waals surface area contributed by atoms with Crippen LogP contribution in [0.3, 0.4) is 0 Å². The van der Waals surface area contributed by atoms with E-state index in [0.29, 0.717) is 12.0 Å². The predicted molar refractivity (Wildman–Crippen MR) is 166 cm³/mol. The molecule has 3 aromatic carbocycles. The molecule has 1 aliphatic carbocycles. The third-order valence-electron chi connectivity index (χ3n) is 7.40. The number of sulfonamides is 1. The van der Waals surface area contributed by atoms with Gasteiger partial charge in [0.15, 0.2) is 0 Å². The maximum absolute atomic E-state index is 13.0. The van der Waals surface area contributed by atoms with E-state index in [9.17, 15) is 21.6 Å². The molecule has 0 bridgehead atoms. The van der Waals surface area contributed by atoms with Crippen molar-refractivity contribution < 1.29 is 36.2 Å². The van der Waals surface area contributed by atoms with Crippen molar-refractivity contribution in [3.05, 3.63) is 71.9 Å². The molecular weight excluding hydrogens is 611 g/mol. The first kappa shape index (κ1) is 33.5. The molecule has 1 fully saturated rings. The lowest BCUT2D eigenvalue weighted by Gasteiger charge is -2.26. The Morgan fingerprint density at radius 2 is 1.78 bits per heavy atom. The Bertz CT molecular complexity index is 1760. The average Bonchev–Trinajstić information content (AvgIpc) is 2.97. The van der Waals surface area contributed by atoms with Crippen molar-refractivity contribution in [3.8, 4) is 16.9 Å². The van der Waals surface area contributed by atoms with Crippen LogP contribution < -0.4 is 20.5 Å². The number of anilines is 2. The van der Waals surface area contributed by atoms with E-state index < -0.39 is 27.0 Å². The van der Waals surface area contributed by atoms with Gasteiger partial charge in [-0.25, -0.2) is 18.4 Å². The van der Waals surface area contributed by atoms with Crippen molar-refractivity contribution in [2.45, 2.75) is 69.3 Å². The summed E-state index contributed by atoms with van der Waals surface area (Å²) < 4.78 is 70.7. The fraction of sp³-hybridized carbons (Fsp3) is 0.323. The number of alkyl halides is 3. The lowest BCUT2D eigenvalue weighted by Crippen LogP contribution is -2.33. The molecule has 0 saturated heterocycles. The minimum absolute atomic E-state index is 0.206. The normalized spacial score (nSPS) is 16.8. The topological polar surface area (TPSA) is 157 Å². The summed E-state index contributed by atoms with van der Waals surface area (Å²) in [6.07, 6.45) is 1.45. The number of para-hydroxylation sites is 1. The van der Waals surface area contributed by atoms with Crippen LogP contribution >= 0.6 is 0 Å². The summed E-state index contributed by atoms with van der Waals surface area (Å²) in [6, 6.07) is 14.2. The molecular formula is C31H34F3N5O5S. The van der Waals surface area contributed by atoms with Gasteiger partial charge < -0.3 is 20.9 Å². The summed E-state index contributed by atoms with van der Waals surface area (Å²) >= 11 is 0. The minimum Gasteiger partial charge on any atom is -0.483 e. The van der Waals surface area contributed by atoms with Crippen LogP contribution in [0.4, 0.5) is 24.8 Å². The molecule has 45 heavy (non-hydrogen) atoms. The van der Waals surface area contributed by atoms with Crippen LogP contribution in [0, 0.1) is 6.92 Å². The first-order valence-electron chi connectivity index (χ1n) is 14.2. The molecule has 0 atom stereocenters. The van der Waals surface area contributed by atoms with Gasteiger partial charge in [0.25, 0.3) is 16.5 Å². The Balaban J connectivity index is 0.00000148. The molecule has 0 radical (unpaired) electrons. The van der Waals surface area contributed by atoms with Crippen molar-refractivity contribution in [2.24, 2.45) is 5.73 Å². The smallest absolute Gasteiger partial charge is 0.483 e. The number of carboxylic acid groups (broad SMARTS) is 1. The summed E-state index contributed by atoms with van der Waals surface area (Å²) in [5, 5.41) is 11.2. The number of benzene rings is 3. The molecule has 1 heterocycles. The highest BCUT2D eigenvalue weighted by atomic mass is 32.2. The molecule has 10 nitrogen and oxygen atoms in total. The summed E-state index contributed by atoms with van der Waals surface area (Å²) in [6.45, 7) is 3.64. The van der Waals surface area contributed by atoms with E-state index in [1.54, 1.807) is 24.4 Å². The van der Waals surface area contributed by atoms with Crippen LogP contribution in [0.25, 0.3) is 22.0 Å². The number of hydrogen-bond donors (Lipinski definition) is 4. The molecule has 1 saturated carbocycles. The summed E-state index contributed by atoms with van der Waals surface area (Å²) in [5.74, 6) is -0.210. The Morgan fingerprint density at radius 3 is 2.42 bits per heavy atom. The van der Waals surface area contributed by atoms with Crippen molar-refractivity contribution in [3.63, 3.8) is 0 Å². The molecule has 0 amide bonds. The fourth-order valence-corrected chi connectivity index (χ4v) is 6.48. The quantitative estimate of drug-likeness (QED) is 0.163. The van der Waals surface area contributed by atoms with Crippen molar-refractivity contribution in [1.82, 2.24) is 9.97 Å². The van der Waals surface area contributed by atoms with Crippen LogP contribution in [-0.4, -0.2) is 48.4 Å². The summed E-state index contributed by atoms with van der Waals surface area (Å²) in [4.78, 5) is 17.1. The van der Waals surface area contributed by atoms with Gasteiger partial charge in [0, 0.05) is 29.4 Å². The number of rotatable bonds is 8. The van der Waals surface area contributed by atoms with E-state index in [4.69, 9.17) is 20.6 Å². The van der Waals surface area contributed by atoms with E-state index in [1.165, 1.54) is 12.1 Å². The predicted octanol–water partition coefficient (Wildman–Crippen LogP) is 6.25. The van der Waals surface area contributed by atoms with Gasteiger partial charge in [-0.05, 0) is 97.7 Å². The zero-order chi connectivity index (χ0) is 32.8. The highest BCUT2D eigenvalue weighted by molar-refractivity contribution is 7.92. The standard InChI is InChI=1S/C30H32F3N5O3S.CH2O2/c1-3-19-15-20(16-21-17-35-29(37-28(19)21)36-23-10-8-22(34)9-11-23)25-13-12-24(14-18(25)2)38-42(39,40)27-7-5-4-6-26(27)41-30(31,32)33;2-1-3/h4-7,12-17,22-23,38H,3,8-11,34H2,1-2H3,(H,35,36,37);1H,(H,2,3). The zero-order valence-corrected chi connectivity index (χ0v) is 25.5. The van der Waals surface area contributed by atoms with Crippen LogP contribution in [0.5, 0.6) is 5.75 Å². The van der Waals surface area contributed by atoms with Crippen LogP contribution in [0.1, 0.15) is 43.7 Å². The first-order valence-corrected chi connectivity index (χ1v) is 15.7. The number of halogens is 3. The lowest BCUT2D eigenvalue weighted by atomic mass is 9.92. The number of hydrogen-bond acceptors (Lipinski definition) is 8. The zero-order valence-electron chi connectivity index (χ0n) is 24.6. The molecule has 240 valence electrons. The van der Waals surface area contributed by atoms with Gasteiger partial charge in [-0.3, -0.25) is 9.52 Å². The maximum atomic E-state index is 13.0. The van der Waals surface area contributed by atoms with Gasteiger partial charge in [-0.15, -0.1) is 13.2 Å². The summed E-state index contributed by atoms with van der Waals surface area (Å²) in [7, 11) is -4.37. The fourth-order valence-electron chi connectivity index (χ4n) is 5.30. The number of aryl methyl sites for hydroxylation is 2.